The van der Waals surface area contributed by atoms with Crippen molar-refractivity contribution in [1.29, 1.82) is 0 Å². The zero-order chi connectivity index (χ0) is 11.6. The van der Waals surface area contributed by atoms with E-state index >= 15 is 0 Å². The van der Waals surface area contributed by atoms with Gasteiger partial charge in [-0.2, -0.15) is 13.2 Å². The van der Waals surface area contributed by atoms with Crippen LogP contribution in [-0.2, 0) is 6.18 Å². The maximum atomic E-state index is 12.1. The molecule has 1 heterocycles. The molecule has 1 rings (SSSR count). The van der Waals surface area contributed by atoms with Gasteiger partial charge in [0.2, 0.25) is 5.75 Å². The van der Waals surface area contributed by atoms with Crippen molar-refractivity contribution in [3.05, 3.63) is 28.1 Å². The lowest BCUT2D eigenvalue weighted by molar-refractivity contribution is -0.386. The zero-order valence-corrected chi connectivity index (χ0v) is 7.41. The third-order valence-electron chi connectivity index (χ3n) is 1.55. The topological polar surface area (TPSA) is 65.3 Å². The number of methoxy groups -OCH3 is 1. The molecule has 1 aromatic heterocycles. The number of alkyl halides is 3. The van der Waals surface area contributed by atoms with Gasteiger partial charge in [-0.1, -0.05) is 0 Å². The predicted molar refractivity (Wildman–Crippen MR) is 42.4 cm³/mol. The summed E-state index contributed by atoms with van der Waals surface area (Å²) in [5.74, 6) is -0.312. The molecule has 82 valence electrons. The van der Waals surface area contributed by atoms with Crippen molar-refractivity contribution in [2.75, 3.05) is 7.11 Å². The maximum Gasteiger partial charge on any atom is 0.433 e. The van der Waals surface area contributed by atoms with Gasteiger partial charge < -0.3 is 4.74 Å². The van der Waals surface area contributed by atoms with E-state index in [0.717, 1.165) is 7.11 Å². The van der Waals surface area contributed by atoms with E-state index in [4.69, 9.17) is 0 Å². The molecular weight excluding hydrogens is 217 g/mol. The average molecular weight is 222 g/mol. The summed E-state index contributed by atoms with van der Waals surface area (Å²) in [4.78, 5) is 12.4. The molecule has 8 heteroatoms. The summed E-state index contributed by atoms with van der Waals surface area (Å²) in [5, 5.41) is 10.4. The molecule has 0 radical (unpaired) electrons. The molecule has 0 amide bonds. The van der Waals surface area contributed by atoms with Crippen LogP contribution in [0.25, 0.3) is 0 Å². The Labute approximate surface area is 81.6 Å². The number of aromatic nitrogens is 1. The van der Waals surface area contributed by atoms with Gasteiger partial charge in [-0.25, -0.2) is 4.98 Å². The fourth-order valence-electron chi connectivity index (χ4n) is 0.887. The van der Waals surface area contributed by atoms with Crippen molar-refractivity contribution >= 4 is 5.69 Å². The Kier molecular flexibility index (Phi) is 2.78. The molecule has 5 nitrogen and oxygen atoms in total. The van der Waals surface area contributed by atoms with Crippen molar-refractivity contribution in [2.24, 2.45) is 0 Å². The van der Waals surface area contributed by atoms with Crippen molar-refractivity contribution < 1.29 is 22.8 Å². The van der Waals surface area contributed by atoms with Gasteiger partial charge in [-0.05, 0) is 0 Å². The molecule has 0 atom stereocenters. The van der Waals surface area contributed by atoms with E-state index < -0.39 is 22.5 Å². The van der Waals surface area contributed by atoms with Crippen LogP contribution in [0, 0.1) is 10.1 Å². The number of hydrogen-bond donors (Lipinski definition) is 0. The Balaban J connectivity index is 3.28. The molecular formula is C7H5F3N2O3. The molecule has 15 heavy (non-hydrogen) atoms. The number of nitrogens with zero attached hydrogens (tertiary/aromatic N) is 2. The zero-order valence-electron chi connectivity index (χ0n) is 7.41. The van der Waals surface area contributed by atoms with Gasteiger partial charge in [0.25, 0.3) is 0 Å². The Hall–Kier alpha value is -1.86. The van der Waals surface area contributed by atoms with Crippen LogP contribution in [0.2, 0.25) is 0 Å². The first-order chi connectivity index (χ1) is 6.86. The Morgan fingerprint density at radius 1 is 1.53 bits per heavy atom. The van der Waals surface area contributed by atoms with Crippen molar-refractivity contribution in [1.82, 2.24) is 4.98 Å². The van der Waals surface area contributed by atoms with Gasteiger partial charge in [-0.15, -0.1) is 0 Å². The molecule has 0 bridgehead atoms. The molecule has 0 N–H and O–H groups in total. The average Bonchev–Trinajstić information content (AvgIpc) is 2.15. The minimum Gasteiger partial charge on any atom is -0.489 e. The van der Waals surface area contributed by atoms with Crippen LogP contribution in [0.3, 0.4) is 0 Å². The molecule has 0 spiro atoms. The van der Waals surface area contributed by atoms with Crippen LogP contribution in [-0.4, -0.2) is 17.0 Å². The summed E-state index contributed by atoms with van der Waals surface area (Å²) in [7, 11) is 1.11. The molecule has 0 saturated heterocycles. The summed E-state index contributed by atoms with van der Waals surface area (Å²) in [6.07, 6.45) is -4.04. The van der Waals surface area contributed by atoms with E-state index in [1.807, 2.05) is 0 Å². The fourth-order valence-corrected chi connectivity index (χ4v) is 0.887. The maximum absolute atomic E-state index is 12.1. The second kappa shape index (κ2) is 3.71. The van der Waals surface area contributed by atoms with Gasteiger partial charge in [0.1, 0.15) is 0 Å². The highest BCUT2D eigenvalue weighted by Gasteiger charge is 2.35. The van der Waals surface area contributed by atoms with Crippen LogP contribution in [0.4, 0.5) is 18.9 Å². The normalized spacial score (nSPS) is 11.2. The van der Waals surface area contributed by atoms with Crippen molar-refractivity contribution in [3.8, 4) is 5.75 Å². The molecule has 0 saturated carbocycles. The van der Waals surface area contributed by atoms with E-state index in [0.29, 0.717) is 12.3 Å². The number of nitro groups is 1. The molecule has 0 aromatic carbocycles. The second-order valence-electron chi connectivity index (χ2n) is 2.50. The first kappa shape index (κ1) is 11.2. The molecule has 0 aliphatic heterocycles. The number of halogens is 3. The number of ether oxygens (including phenoxy) is 1. The number of hydrogen-bond acceptors (Lipinski definition) is 4. The minimum atomic E-state index is -4.71. The third-order valence-corrected chi connectivity index (χ3v) is 1.55. The van der Waals surface area contributed by atoms with E-state index in [2.05, 4.69) is 9.72 Å². The van der Waals surface area contributed by atoms with Crippen LogP contribution in [0.15, 0.2) is 12.3 Å². The third kappa shape index (κ3) is 2.33. The van der Waals surface area contributed by atoms with Gasteiger partial charge in [0, 0.05) is 0 Å². The first-order valence-electron chi connectivity index (χ1n) is 3.62. The van der Waals surface area contributed by atoms with Gasteiger partial charge in [-0.3, -0.25) is 10.1 Å². The highest BCUT2D eigenvalue weighted by atomic mass is 19.4. The van der Waals surface area contributed by atoms with Gasteiger partial charge in [0.15, 0.2) is 5.69 Å². The van der Waals surface area contributed by atoms with Crippen LogP contribution < -0.4 is 4.74 Å². The first-order valence-corrected chi connectivity index (χ1v) is 3.62. The summed E-state index contributed by atoms with van der Waals surface area (Å²) in [6.45, 7) is 0. The van der Waals surface area contributed by atoms with Crippen LogP contribution in [0.1, 0.15) is 5.69 Å². The van der Waals surface area contributed by atoms with Crippen molar-refractivity contribution in [3.63, 3.8) is 0 Å². The number of pyridine rings is 1. The van der Waals surface area contributed by atoms with Crippen LogP contribution in [0.5, 0.6) is 5.75 Å². The molecule has 0 aliphatic carbocycles. The molecule has 0 fully saturated rings. The Morgan fingerprint density at radius 3 is 2.53 bits per heavy atom. The quantitative estimate of drug-likeness (QED) is 0.567. The number of rotatable bonds is 2. The van der Waals surface area contributed by atoms with Crippen LogP contribution >= 0.6 is 0 Å². The summed E-state index contributed by atoms with van der Waals surface area (Å²) >= 11 is 0. The van der Waals surface area contributed by atoms with Gasteiger partial charge in [0.05, 0.1) is 24.3 Å². The highest BCUT2D eigenvalue weighted by Crippen LogP contribution is 2.33. The fraction of sp³-hybridized carbons (Fsp3) is 0.286. The minimum absolute atomic E-state index is 0.312. The lowest BCUT2D eigenvalue weighted by atomic mass is 10.3. The van der Waals surface area contributed by atoms with E-state index in [-0.39, 0.29) is 5.75 Å². The van der Waals surface area contributed by atoms with Gasteiger partial charge >= 0.3 is 11.9 Å². The lowest BCUT2D eigenvalue weighted by Gasteiger charge is -2.06. The monoisotopic (exact) mass is 222 g/mol. The van der Waals surface area contributed by atoms with E-state index in [1.54, 1.807) is 0 Å². The largest absolute Gasteiger partial charge is 0.489 e. The smallest absolute Gasteiger partial charge is 0.433 e. The standard InChI is InChI=1S/C7H5F3N2O3/c1-15-5-3-11-6(7(8,9)10)2-4(5)12(13)14/h2-3H,1H3. The summed E-state index contributed by atoms with van der Waals surface area (Å²) in [5.41, 5.74) is -2.09. The summed E-state index contributed by atoms with van der Waals surface area (Å²) < 4.78 is 40.9. The molecule has 1 aromatic rings. The molecule has 0 unspecified atom stereocenters. The van der Waals surface area contributed by atoms with E-state index in [9.17, 15) is 23.3 Å². The van der Waals surface area contributed by atoms with Crippen molar-refractivity contribution in [2.45, 2.75) is 6.18 Å². The highest BCUT2D eigenvalue weighted by molar-refractivity contribution is 5.45. The Bertz CT molecular complexity index is 392. The molecule has 0 aliphatic rings. The lowest BCUT2D eigenvalue weighted by Crippen LogP contribution is -2.09. The SMILES string of the molecule is COc1cnc(C(F)(F)F)cc1[N+](=O)[O-]. The summed E-state index contributed by atoms with van der Waals surface area (Å²) in [6, 6.07) is 0.332. The Morgan fingerprint density at radius 2 is 2.13 bits per heavy atom. The van der Waals surface area contributed by atoms with E-state index in [1.165, 1.54) is 0 Å². The predicted octanol–water partition coefficient (Wildman–Crippen LogP) is 2.02. The second-order valence-corrected chi connectivity index (χ2v) is 2.50.